The second-order valence-electron chi connectivity index (χ2n) is 6.24. The number of rotatable bonds is 7. The summed E-state index contributed by atoms with van der Waals surface area (Å²) in [6.45, 7) is 4.57. The van der Waals surface area contributed by atoms with Gasteiger partial charge in [-0.25, -0.2) is 12.7 Å². The summed E-state index contributed by atoms with van der Waals surface area (Å²) in [5.41, 5.74) is 5.41. The lowest BCUT2D eigenvalue weighted by molar-refractivity contribution is -0.388. The van der Waals surface area contributed by atoms with Gasteiger partial charge in [-0.1, -0.05) is 13.8 Å². The van der Waals surface area contributed by atoms with E-state index >= 15 is 0 Å². The molecule has 0 saturated carbocycles. The van der Waals surface area contributed by atoms with Gasteiger partial charge in [-0.15, -0.1) is 0 Å². The molecular formula is C15H23N3O6S. The highest BCUT2D eigenvalue weighted by Gasteiger charge is 2.33. The molecule has 10 heteroatoms. The minimum absolute atomic E-state index is 0.159. The summed E-state index contributed by atoms with van der Waals surface area (Å²) in [6.07, 6.45) is 0.450. The molecule has 0 radical (unpaired) electrons. The van der Waals surface area contributed by atoms with Crippen molar-refractivity contribution in [2.45, 2.75) is 31.2 Å². The maximum atomic E-state index is 12.8. The van der Waals surface area contributed by atoms with Crippen molar-refractivity contribution in [3.8, 4) is 11.5 Å². The summed E-state index contributed by atoms with van der Waals surface area (Å²) in [6, 6.07) is 2.09. The maximum Gasteiger partial charge on any atom is 0.293 e. The molecule has 1 unspecified atom stereocenters. The van der Waals surface area contributed by atoms with Crippen LogP contribution in [0.4, 0.5) is 5.69 Å². The van der Waals surface area contributed by atoms with Crippen molar-refractivity contribution in [1.29, 1.82) is 0 Å². The molecule has 0 aromatic heterocycles. The Kier molecular flexibility index (Phi) is 5.86. The molecule has 2 rings (SSSR count). The Bertz CT molecular complexity index is 750. The number of nitro groups is 1. The highest BCUT2D eigenvalue weighted by atomic mass is 32.2. The zero-order valence-corrected chi connectivity index (χ0v) is 15.3. The third-order valence-electron chi connectivity index (χ3n) is 4.14. The molecular weight excluding hydrogens is 350 g/mol. The van der Waals surface area contributed by atoms with E-state index in [9.17, 15) is 18.5 Å². The van der Waals surface area contributed by atoms with Crippen molar-refractivity contribution in [2.75, 3.05) is 26.8 Å². The molecule has 1 aliphatic rings. The molecule has 2 N–H and O–H groups in total. The third-order valence-corrected chi connectivity index (χ3v) is 6.03. The van der Waals surface area contributed by atoms with Gasteiger partial charge in [-0.2, -0.15) is 0 Å². The number of nitrogens with two attached hydrogens (primary N) is 1. The van der Waals surface area contributed by atoms with Crippen LogP contribution in [0.5, 0.6) is 11.5 Å². The normalized spacial score (nSPS) is 15.4. The minimum Gasteiger partial charge on any atom is -0.486 e. The Morgan fingerprint density at radius 1 is 1.28 bits per heavy atom. The second kappa shape index (κ2) is 7.54. The molecule has 1 aromatic carbocycles. The van der Waals surface area contributed by atoms with E-state index in [-0.39, 0.29) is 43.2 Å². The fourth-order valence-corrected chi connectivity index (χ4v) is 3.70. The molecule has 0 aliphatic carbocycles. The number of sulfonamides is 1. The highest BCUT2D eigenvalue weighted by molar-refractivity contribution is 7.89. The van der Waals surface area contributed by atoms with Crippen LogP contribution in [0.3, 0.4) is 0 Å². The van der Waals surface area contributed by atoms with Crippen LogP contribution in [0.15, 0.2) is 17.0 Å². The standard InChI is InChI=1S/C15H23N3O6S/c1-10(2)11(16)4-5-17(3)25(21,22)15-9-14-13(23-6-7-24-14)8-12(15)18(19)20/h8-11H,4-7,16H2,1-3H3. The van der Waals surface area contributed by atoms with Crippen molar-refractivity contribution < 1.29 is 22.8 Å². The van der Waals surface area contributed by atoms with Crippen molar-refractivity contribution in [3.05, 3.63) is 22.2 Å². The quantitative estimate of drug-likeness (QED) is 0.565. The van der Waals surface area contributed by atoms with Crippen molar-refractivity contribution in [1.82, 2.24) is 4.31 Å². The molecule has 1 heterocycles. The van der Waals surface area contributed by atoms with Crippen molar-refractivity contribution >= 4 is 15.7 Å². The second-order valence-corrected chi connectivity index (χ2v) is 8.26. The summed E-state index contributed by atoms with van der Waals surface area (Å²) in [5, 5.41) is 11.3. The lowest BCUT2D eigenvalue weighted by Crippen LogP contribution is -2.35. The summed E-state index contributed by atoms with van der Waals surface area (Å²) in [7, 11) is -2.69. The molecule has 1 aromatic rings. The number of hydrogen-bond acceptors (Lipinski definition) is 7. The van der Waals surface area contributed by atoms with E-state index in [1.165, 1.54) is 7.05 Å². The number of benzene rings is 1. The van der Waals surface area contributed by atoms with Crippen LogP contribution >= 0.6 is 0 Å². The van der Waals surface area contributed by atoms with Gasteiger partial charge in [0.1, 0.15) is 13.2 Å². The highest BCUT2D eigenvalue weighted by Crippen LogP contribution is 2.39. The summed E-state index contributed by atoms with van der Waals surface area (Å²) in [5.74, 6) is 0.559. The molecule has 0 spiro atoms. The van der Waals surface area contributed by atoms with Crippen LogP contribution in [0.2, 0.25) is 0 Å². The van der Waals surface area contributed by atoms with Crippen LogP contribution < -0.4 is 15.2 Å². The molecule has 25 heavy (non-hydrogen) atoms. The topological polar surface area (TPSA) is 125 Å². The molecule has 0 saturated heterocycles. The van der Waals surface area contributed by atoms with Crippen LogP contribution in [0, 0.1) is 16.0 Å². The van der Waals surface area contributed by atoms with Crippen LogP contribution in [-0.2, 0) is 10.0 Å². The predicted molar refractivity (Wildman–Crippen MR) is 91.3 cm³/mol. The van der Waals surface area contributed by atoms with Crippen molar-refractivity contribution in [2.24, 2.45) is 11.7 Å². The van der Waals surface area contributed by atoms with Gasteiger partial charge in [-0.3, -0.25) is 10.1 Å². The average molecular weight is 373 g/mol. The van der Waals surface area contributed by atoms with Gasteiger partial charge in [0.15, 0.2) is 16.4 Å². The van der Waals surface area contributed by atoms with Crippen LogP contribution in [0.25, 0.3) is 0 Å². The van der Waals surface area contributed by atoms with E-state index in [2.05, 4.69) is 0 Å². The van der Waals surface area contributed by atoms with E-state index < -0.39 is 25.5 Å². The number of hydrogen-bond donors (Lipinski definition) is 1. The zero-order valence-electron chi connectivity index (χ0n) is 14.5. The van der Waals surface area contributed by atoms with E-state index in [1.807, 2.05) is 13.8 Å². The first-order chi connectivity index (χ1) is 11.6. The van der Waals surface area contributed by atoms with Gasteiger partial charge in [0.25, 0.3) is 5.69 Å². The van der Waals surface area contributed by atoms with Gasteiger partial charge < -0.3 is 15.2 Å². The van der Waals surface area contributed by atoms with Crippen LogP contribution in [0.1, 0.15) is 20.3 Å². The average Bonchev–Trinajstić information content (AvgIpc) is 2.57. The van der Waals surface area contributed by atoms with E-state index in [0.29, 0.717) is 6.42 Å². The third kappa shape index (κ3) is 4.20. The molecule has 0 amide bonds. The monoisotopic (exact) mass is 373 g/mol. The molecule has 140 valence electrons. The first-order valence-corrected chi connectivity index (χ1v) is 9.38. The molecule has 1 atom stereocenters. The van der Waals surface area contributed by atoms with E-state index in [0.717, 1.165) is 16.4 Å². The van der Waals surface area contributed by atoms with E-state index in [1.54, 1.807) is 0 Å². The first-order valence-electron chi connectivity index (χ1n) is 7.94. The Balaban J connectivity index is 2.35. The number of ether oxygens (including phenoxy) is 2. The van der Waals surface area contributed by atoms with Gasteiger partial charge in [0, 0.05) is 25.7 Å². The number of nitrogens with zero attached hydrogens (tertiary/aromatic N) is 2. The Morgan fingerprint density at radius 3 is 2.36 bits per heavy atom. The van der Waals surface area contributed by atoms with E-state index in [4.69, 9.17) is 15.2 Å². The SMILES string of the molecule is CC(C)C(N)CCN(C)S(=O)(=O)c1cc2c(cc1[N+](=O)[O-])OCCO2. The summed E-state index contributed by atoms with van der Waals surface area (Å²) >= 11 is 0. The lowest BCUT2D eigenvalue weighted by Gasteiger charge is -2.23. The maximum absolute atomic E-state index is 12.8. The molecule has 0 bridgehead atoms. The van der Waals surface area contributed by atoms with Crippen molar-refractivity contribution in [3.63, 3.8) is 0 Å². The van der Waals surface area contributed by atoms with Gasteiger partial charge >= 0.3 is 0 Å². The Hall–Kier alpha value is -1.91. The Morgan fingerprint density at radius 2 is 1.84 bits per heavy atom. The minimum atomic E-state index is -4.07. The molecule has 1 aliphatic heterocycles. The van der Waals surface area contributed by atoms with Gasteiger partial charge in [-0.05, 0) is 12.3 Å². The number of nitro benzene ring substituents is 1. The zero-order chi connectivity index (χ0) is 18.8. The first kappa shape index (κ1) is 19.4. The number of fused-ring (bicyclic) bond motifs is 1. The fraction of sp³-hybridized carbons (Fsp3) is 0.600. The smallest absolute Gasteiger partial charge is 0.293 e. The van der Waals surface area contributed by atoms with Gasteiger partial charge in [0.2, 0.25) is 10.0 Å². The Labute approximate surface area is 146 Å². The molecule has 9 nitrogen and oxygen atoms in total. The van der Waals surface area contributed by atoms with Crippen LogP contribution in [-0.4, -0.2) is 50.5 Å². The summed E-state index contributed by atoms with van der Waals surface area (Å²) in [4.78, 5) is 10.2. The summed E-state index contributed by atoms with van der Waals surface area (Å²) < 4.78 is 37.3. The predicted octanol–water partition coefficient (Wildman–Crippen LogP) is 1.36. The lowest BCUT2D eigenvalue weighted by atomic mass is 10.0. The molecule has 0 fully saturated rings. The van der Waals surface area contributed by atoms with Gasteiger partial charge in [0.05, 0.1) is 11.0 Å². The fourth-order valence-electron chi connectivity index (χ4n) is 2.36. The largest absolute Gasteiger partial charge is 0.486 e.